The van der Waals surface area contributed by atoms with Crippen molar-refractivity contribution in [3.63, 3.8) is 0 Å². The highest BCUT2D eigenvalue weighted by Gasteiger charge is 2.29. The van der Waals surface area contributed by atoms with Crippen molar-refractivity contribution in [2.45, 2.75) is 40.7 Å². The Labute approximate surface area is 289 Å². The van der Waals surface area contributed by atoms with Crippen LogP contribution in [0.3, 0.4) is 0 Å². The van der Waals surface area contributed by atoms with Crippen molar-refractivity contribution in [1.82, 2.24) is 0 Å². The van der Waals surface area contributed by atoms with E-state index in [4.69, 9.17) is 4.74 Å². The number of aryl methyl sites for hydroxylation is 4. The van der Waals surface area contributed by atoms with Gasteiger partial charge in [0, 0.05) is 16.7 Å². The minimum absolute atomic E-state index is 0.577. The molecular formula is C45H39O3P. The third-order valence-electron chi connectivity index (χ3n) is 9.06. The average Bonchev–Trinajstić information content (AvgIpc) is 3.08. The zero-order valence-corrected chi connectivity index (χ0v) is 29.4. The van der Waals surface area contributed by atoms with E-state index in [1.165, 1.54) is 38.2 Å². The van der Waals surface area contributed by atoms with Crippen molar-refractivity contribution in [3.8, 4) is 28.0 Å². The summed E-state index contributed by atoms with van der Waals surface area (Å²) in [5.74, 6) is -0.433. The highest BCUT2D eigenvalue weighted by atomic mass is 31.1. The molecule has 0 fully saturated rings. The fraction of sp³-hybridized carbons (Fsp3) is 0.133. The lowest BCUT2D eigenvalue weighted by Gasteiger charge is -2.28. The summed E-state index contributed by atoms with van der Waals surface area (Å²) in [5, 5.41) is 18.2. The van der Waals surface area contributed by atoms with E-state index in [1.807, 2.05) is 18.2 Å². The van der Waals surface area contributed by atoms with Gasteiger partial charge in [-0.25, -0.2) is 4.79 Å². The minimum Gasteiger partial charge on any atom is -0.479 e. The summed E-state index contributed by atoms with van der Waals surface area (Å²) in [6.07, 6.45) is -1.07. The molecule has 0 aromatic heterocycles. The van der Waals surface area contributed by atoms with E-state index in [0.29, 0.717) is 5.75 Å². The standard InChI is InChI=1S/C45H39O3P/c1-28-21-29(2)24-36(23-28)49(37-25-30(3)22-31(4)26-37)41-20-19-34-15-9-11-17-38(34)42(41)43-39-18-12-10-16-35(39)27-40(33-13-7-6-8-14-33)44(43)48-32(5)45(46)47/h6-27,32H,1-5H3,(H,46,47)/t32-/m1/s1. The second-order valence-electron chi connectivity index (χ2n) is 13.0. The van der Waals surface area contributed by atoms with E-state index in [-0.39, 0.29) is 0 Å². The van der Waals surface area contributed by atoms with E-state index in [0.717, 1.165) is 43.8 Å². The molecule has 1 atom stereocenters. The third-order valence-corrected chi connectivity index (χ3v) is 11.5. The number of aliphatic carboxylic acids is 1. The van der Waals surface area contributed by atoms with Gasteiger partial charge in [-0.05, 0) is 91.6 Å². The van der Waals surface area contributed by atoms with Crippen LogP contribution in [-0.2, 0) is 4.79 Å². The first-order valence-electron chi connectivity index (χ1n) is 16.7. The SMILES string of the molecule is Cc1cc(C)cc(P(c2cc(C)cc(C)c2)c2ccc3ccccc3c2-c2c(O[C@H](C)C(=O)O)c(-c3ccccc3)cc3ccccc23)c1. The Bertz CT molecular complexity index is 2270. The number of hydrogen-bond acceptors (Lipinski definition) is 2. The molecule has 0 aliphatic carbocycles. The second kappa shape index (κ2) is 13.3. The van der Waals surface area contributed by atoms with Gasteiger partial charge in [-0.3, -0.25) is 0 Å². The van der Waals surface area contributed by atoms with Gasteiger partial charge < -0.3 is 9.84 Å². The van der Waals surface area contributed by atoms with Gasteiger partial charge in [-0.1, -0.05) is 150 Å². The Morgan fingerprint density at radius 2 is 1.10 bits per heavy atom. The van der Waals surface area contributed by atoms with Crippen molar-refractivity contribution in [1.29, 1.82) is 0 Å². The maximum atomic E-state index is 12.4. The molecule has 0 bridgehead atoms. The van der Waals surface area contributed by atoms with E-state index < -0.39 is 20.0 Å². The van der Waals surface area contributed by atoms with Gasteiger partial charge in [-0.2, -0.15) is 0 Å². The second-order valence-corrected chi connectivity index (χ2v) is 15.2. The lowest BCUT2D eigenvalue weighted by Crippen LogP contribution is -2.25. The molecule has 0 amide bonds. The van der Waals surface area contributed by atoms with Crippen LogP contribution < -0.4 is 20.7 Å². The van der Waals surface area contributed by atoms with Crippen LogP contribution in [0.15, 0.2) is 133 Å². The van der Waals surface area contributed by atoms with E-state index in [9.17, 15) is 9.90 Å². The number of ether oxygens (including phenoxy) is 1. The largest absolute Gasteiger partial charge is 0.479 e. The summed E-state index contributed by atoms with van der Waals surface area (Å²) in [7, 11) is -1.06. The molecule has 0 aliphatic rings. The molecule has 0 spiro atoms. The van der Waals surface area contributed by atoms with Crippen LogP contribution in [-0.4, -0.2) is 17.2 Å². The Kier molecular flexibility index (Phi) is 8.80. The van der Waals surface area contributed by atoms with Gasteiger partial charge in [0.1, 0.15) is 5.75 Å². The summed E-state index contributed by atoms with van der Waals surface area (Å²) in [5.41, 5.74) is 8.73. The molecule has 242 valence electrons. The van der Waals surface area contributed by atoms with Crippen LogP contribution >= 0.6 is 7.92 Å². The number of carboxylic acids is 1. The molecule has 3 nitrogen and oxygen atoms in total. The first-order chi connectivity index (χ1) is 23.7. The zero-order valence-electron chi connectivity index (χ0n) is 28.5. The monoisotopic (exact) mass is 658 g/mol. The molecule has 7 rings (SSSR count). The summed E-state index contributed by atoms with van der Waals surface area (Å²) in [6, 6.07) is 47.5. The first-order valence-corrected chi connectivity index (χ1v) is 18.0. The van der Waals surface area contributed by atoms with E-state index in [1.54, 1.807) is 6.92 Å². The molecule has 0 radical (unpaired) electrons. The van der Waals surface area contributed by atoms with Crippen LogP contribution in [0.25, 0.3) is 43.8 Å². The van der Waals surface area contributed by atoms with Gasteiger partial charge in [-0.15, -0.1) is 0 Å². The van der Waals surface area contributed by atoms with Gasteiger partial charge in [0.2, 0.25) is 0 Å². The van der Waals surface area contributed by atoms with Gasteiger partial charge in [0.25, 0.3) is 0 Å². The van der Waals surface area contributed by atoms with Gasteiger partial charge in [0.05, 0.1) is 0 Å². The van der Waals surface area contributed by atoms with Crippen LogP contribution in [0.4, 0.5) is 0 Å². The molecule has 0 saturated carbocycles. The van der Waals surface area contributed by atoms with Crippen LogP contribution in [0.2, 0.25) is 0 Å². The predicted octanol–water partition coefficient (Wildman–Crippen LogP) is 10.2. The quantitative estimate of drug-likeness (QED) is 0.165. The van der Waals surface area contributed by atoms with Gasteiger partial charge >= 0.3 is 5.97 Å². The highest BCUT2D eigenvalue weighted by Crippen LogP contribution is 2.49. The molecular weight excluding hydrogens is 619 g/mol. The lowest BCUT2D eigenvalue weighted by molar-refractivity contribution is -0.144. The van der Waals surface area contributed by atoms with Crippen LogP contribution in [0.1, 0.15) is 29.2 Å². The molecule has 7 aromatic rings. The van der Waals surface area contributed by atoms with Crippen molar-refractivity contribution >= 4 is 51.3 Å². The predicted molar refractivity (Wildman–Crippen MR) is 208 cm³/mol. The fourth-order valence-electron chi connectivity index (χ4n) is 7.05. The Morgan fingerprint density at radius 1 is 0.592 bits per heavy atom. The highest BCUT2D eigenvalue weighted by molar-refractivity contribution is 7.80. The number of hydrogen-bond donors (Lipinski definition) is 1. The number of carbonyl (C=O) groups is 1. The normalized spacial score (nSPS) is 12.0. The van der Waals surface area contributed by atoms with Crippen molar-refractivity contribution in [2.24, 2.45) is 0 Å². The molecule has 1 N–H and O–H groups in total. The molecule has 0 saturated heterocycles. The molecule has 4 heteroatoms. The number of carboxylic acid groups (broad SMARTS) is 1. The maximum Gasteiger partial charge on any atom is 0.344 e. The minimum atomic E-state index is -1.07. The summed E-state index contributed by atoms with van der Waals surface area (Å²) >= 11 is 0. The number of rotatable bonds is 8. The van der Waals surface area contributed by atoms with E-state index >= 15 is 0 Å². The first kappa shape index (κ1) is 32.3. The zero-order chi connectivity index (χ0) is 34.2. The van der Waals surface area contributed by atoms with Crippen molar-refractivity contribution < 1.29 is 14.6 Å². The molecule has 0 heterocycles. The summed E-state index contributed by atoms with van der Waals surface area (Å²) < 4.78 is 6.63. The van der Waals surface area contributed by atoms with Gasteiger partial charge in [0.15, 0.2) is 6.10 Å². The Hall–Kier alpha value is -5.24. The Balaban J connectivity index is 1.68. The van der Waals surface area contributed by atoms with E-state index in [2.05, 4.69) is 143 Å². The number of benzene rings is 7. The smallest absolute Gasteiger partial charge is 0.344 e. The summed E-state index contributed by atoms with van der Waals surface area (Å²) in [6.45, 7) is 10.3. The van der Waals surface area contributed by atoms with Crippen LogP contribution in [0.5, 0.6) is 5.75 Å². The molecule has 0 aliphatic heterocycles. The van der Waals surface area contributed by atoms with Crippen molar-refractivity contribution in [3.05, 3.63) is 156 Å². The molecule has 0 unspecified atom stereocenters. The average molecular weight is 659 g/mol. The maximum absolute atomic E-state index is 12.4. The van der Waals surface area contributed by atoms with Crippen LogP contribution in [0, 0.1) is 27.7 Å². The topological polar surface area (TPSA) is 46.5 Å². The summed E-state index contributed by atoms with van der Waals surface area (Å²) in [4.78, 5) is 12.4. The third kappa shape index (κ3) is 6.35. The Morgan fingerprint density at radius 3 is 1.67 bits per heavy atom. The lowest BCUT2D eigenvalue weighted by atomic mass is 9.89. The molecule has 7 aromatic carbocycles. The molecule has 49 heavy (non-hydrogen) atoms. The number of fused-ring (bicyclic) bond motifs is 2. The fourth-order valence-corrected chi connectivity index (χ4v) is 9.92. The van der Waals surface area contributed by atoms with Crippen molar-refractivity contribution in [2.75, 3.05) is 0 Å².